The Bertz CT molecular complexity index is 484. The Morgan fingerprint density at radius 1 is 1.33 bits per heavy atom. The number of rotatable bonds is 2. The quantitative estimate of drug-likeness (QED) is 0.728. The van der Waals surface area contributed by atoms with E-state index in [1.54, 1.807) is 11.3 Å². The lowest BCUT2D eigenvalue weighted by Gasteiger charge is -2.12. The maximum Gasteiger partial charge on any atom is 0.0907 e. The van der Waals surface area contributed by atoms with Gasteiger partial charge in [0, 0.05) is 0 Å². The van der Waals surface area contributed by atoms with Crippen LogP contribution in [0.25, 0.3) is 10.2 Å². The predicted molar refractivity (Wildman–Crippen MR) is 67.8 cm³/mol. The van der Waals surface area contributed by atoms with Crippen molar-refractivity contribution in [1.82, 2.24) is 4.98 Å². The van der Waals surface area contributed by atoms with Gasteiger partial charge in [0.05, 0.1) is 15.2 Å². The molecule has 1 aromatic carbocycles. The molecule has 1 aromatic heterocycles. The molecule has 1 atom stereocenters. The van der Waals surface area contributed by atoms with E-state index in [9.17, 15) is 0 Å². The minimum Gasteiger partial charge on any atom is -0.241 e. The molecule has 0 aliphatic carbocycles. The second kappa shape index (κ2) is 3.93. The summed E-state index contributed by atoms with van der Waals surface area (Å²) < 4.78 is 1.33. The van der Waals surface area contributed by atoms with E-state index < -0.39 is 0 Å². The lowest BCUT2D eigenvalue weighted by atomic mass is 9.93. The number of aryl methyl sites for hydroxylation is 2. The molecule has 0 saturated carbocycles. The lowest BCUT2D eigenvalue weighted by Crippen LogP contribution is -1.96. The van der Waals surface area contributed by atoms with Crippen molar-refractivity contribution in [2.24, 2.45) is 0 Å². The molecule has 2 heteroatoms. The zero-order valence-corrected chi connectivity index (χ0v) is 10.6. The van der Waals surface area contributed by atoms with Gasteiger partial charge in [-0.1, -0.05) is 19.9 Å². The molecule has 2 rings (SSSR count). The van der Waals surface area contributed by atoms with Gasteiger partial charge in [0.25, 0.3) is 0 Å². The number of hydrogen-bond acceptors (Lipinski definition) is 2. The molecule has 0 spiro atoms. The molecule has 1 nitrogen and oxygen atoms in total. The van der Waals surface area contributed by atoms with Gasteiger partial charge in [-0.2, -0.15) is 0 Å². The molecule has 0 amide bonds. The van der Waals surface area contributed by atoms with Gasteiger partial charge < -0.3 is 0 Å². The number of benzene rings is 1. The van der Waals surface area contributed by atoms with E-state index in [0.29, 0.717) is 5.92 Å². The molecule has 80 valence electrons. The summed E-state index contributed by atoms with van der Waals surface area (Å²) in [6, 6.07) is 4.42. The van der Waals surface area contributed by atoms with Crippen molar-refractivity contribution < 1.29 is 0 Å². The lowest BCUT2D eigenvalue weighted by molar-refractivity contribution is 0.733. The Kier molecular flexibility index (Phi) is 2.79. The third-order valence-electron chi connectivity index (χ3n) is 3.03. The first-order valence-corrected chi connectivity index (χ1v) is 6.31. The number of aromatic nitrogens is 1. The smallest absolute Gasteiger partial charge is 0.0907 e. The second-order valence-corrected chi connectivity index (χ2v) is 5.42. The van der Waals surface area contributed by atoms with Gasteiger partial charge >= 0.3 is 0 Å². The molecule has 1 unspecified atom stereocenters. The van der Waals surface area contributed by atoms with Crippen molar-refractivity contribution in [2.45, 2.75) is 40.0 Å². The van der Waals surface area contributed by atoms with Crippen molar-refractivity contribution in [3.05, 3.63) is 28.3 Å². The standard InChI is InChI=1S/C13H17NS/c1-5-8(2)12-9(3)6-7-11-13(12)14-10(4)15-11/h6-8H,5H2,1-4H3. The summed E-state index contributed by atoms with van der Waals surface area (Å²) in [4.78, 5) is 4.66. The highest BCUT2D eigenvalue weighted by atomic mass is 32.1. The van der Waals surface area contributed by atoms with Crippen LogP contribution < -0.4 is 0 Å². The molecule has 0 saturated heterocycles. The Morgan fingerprint density at radius 3 is 2.73 bits per heavy atom. The van der Waals surface area contributed by atoms with Gasteiger partial charge in [0.2, 0.25) is 0 Å². The van der Waals surface area contributed by atoms with E-state index >= 15 is 0 Å². The van der Waals surface area contributed by atoms with Crippen molar-refractivity contribution in [2.75, 3.05) is 0 Å². The van der Waals surface area contributed by atoms with Gasteiger partial charge in [-0.25, -0.2) is 4.98 Å². The van der Waals surface area contributed by atoms with Crippen LogP contribution in [-0.4, -0.2) is 4.98 Å². The zero-order chi connectivity index (χ0) is 11.0. The second-order valence-electron chi connectivity index (χ2n) is 4.19. The summed E-state index contributed by atoms with van der Waals surface area (Å²) in [5, 5.41) is 1.17. The van der Waals surface area contributed by atoms with Gasteiger partial charge in [0.1, 0.15) is 0 Å². The summed E-state index contributed by atoms with van der Waals surface area (Å²) in [7, 11) is 0. The molecular weight excluding hydrogens is 202 g/mol. The number of fused-ring (bicyclic) bond motifs is 1. The van der Waals surface area contributed by atoms with E-state index in [1.807, 2.05) is 0 Å². The minimum absolute atomic E-state index is 0.607. The van der Waals surface area contributed by atoms with E-state index in [4.69, 9.17) is 0 Å². The summed E-state index contributed by atoms with van der Waals surface area (Å²) in [6.45, 7) is 8.80. The highest BCUT2D eigenvalue weighted by Crippen LogP contribution is 2.32. The van der Waals surface area contributed by atoms with Crippen LogP contribution in [0.4, 0.5) is 0 Å². The van der Waals surface area contributed by atoms with Crippen LogP contribution in [-0.2, 0) is 0 Å². The van der Waals surface area contributed by atoms with Crippen LogP contribution in [0.1, 0.15) is 42.3 Å². The first-order chi connectivity index (χ1) is 7.13. The average Bonchev–Trinajstić information content (AvgIpc) is 2.57. The maximum absolute atomic E-state index is 4.66. The number of hydrogen-bond donors (Lipinski definition) is 0. The van der Waals surface area contributed by atoms with Crippen molar-refractivity contribution in [3.8, 4) is 0 Å². The van der Waals surface area contributed by atoms with Crippen LogP contribution in [0.3, 0.4) is 0 Å². The third-order valence-corrected chi connectivity index (χ3v) is 3.97. The molecular formula is C13H17NS. The van der Waals surface area contributed by atoms with E-state index in [2.05, 4.69) is 44.8 Å². The summed E-state index contributed by atoms with van der Waals surface area (Å²) in [5.74, 6) is 0.607. The maximum atomic E-state index is 4.66. The first-order valence-electron chi connectivity index (χ1n) is 5.50. The summed E-state index contributed by atoms with van der Waals surface area (Å²) in [6.07, 6.45) is 1.18. The van der Waals surface area contributed by atoms with Crippen molar-refractivity contribution in [3.63, 3.8) is 0 Å². The molecule has 1 heterocycles. The first kappa shape index (κ1) is 10.6. The summed E-state index contributed by atoms with van der Waals surface area (Å²) >= 11 is 1.79. The topological polar surface area (TPSA) is 12.9 Å². The van der Waals surface area contributed by atoms with Crippen LogP contribution in [0.2, 0.25) is 0 Å². The fourth-order valence-corrected chi connectivity index (χ4v) is 2.90. The van der Waals surface area contributed by atoms with E-state index in [0.717, 1.165) is 0 Å². The molecule has 0 aliphatic heterocycles. The Labute approximate surface area is 95.2 Å². The minimum atomic E-state index is 0.607. The van der Waals surface area contributed by atoms with Crippen molar-refractivity contribution >= 4 is 21.6 Å². The van der Waals surface area contributed by atoms with Gasteiger partial charge in [0.15, 0.2) is 0 Å². The highest BCUT2D eigenvalue weighted by Gasteiger charge is 2.13. The zero-order valence-electron chi connectivity index (χ0n) is 9.79. The molecule has 15 heavy (non-hydrogen) atoms. The van der Waals surface area contributed by atoms with Crippen LogP contribution in [0.5, 0.6) is 0 Å². The van der Waals surface area contributed by atoms with E-state index in [-0.39, 0.29) is 0 Å². The van der Waals surface area contributed by atoms with Gasteiger partial charge in [-0.3, -0.25) is 0 Å². The number of nitrogens with zero attached hydrogens (tertiary/aromatic N) is 1. The Morgan fingerprint density at radius 2 is 2.07 bits per heavy atom. The van der Waals surface area contributed by atoms with Crippen molar-refractivity contribution in [1.29, 1.82) is 0 Å². The molecule has 0 bridgehead atoms. The monoisotopic (exact) mass is 219 g/mol. The Balaban J connectivity index is 2.73. The van der Waals surface area contributed by atoms with Gasteiger partial charge in [-0.15, -0.1) is 11.3 Å². The van der Waals surface area contributed by atoms with Crippen LogP contribution >= 0.6 is 11.3 Å². The fraction of sp³-hybridized carbons (Fsp3) is 0.462. The molecule has 0 aliphatic rings. The van der Waals surface area contributed by atoms with Crippen LogP contribution in [0, 0.1) is 13.8 Å². The molecule has 0 radical (unpaired) electrons. The predicted octanol–water partition coefficient (Wildman–Crippen LogP) is 4.43. The average molecular weight is 219 g/mol. The normalized spacial score (nSPS) is 13.3. The van der Waals surface area contributed by atoms with Crippen LogP contribution in [0.15, 0.2) is 12.1 Å². The highest BCUT2D eigenvalue weighted by molar-refractivity contribution is 7.18. The van der Waals surface area contributed by atoms with Gasteiger partial charge in [-0.05, 0) is 43.4 Å². The fourth-order valence-electron chi connectivity index (χ4n) is 2.05. The largest absolute Gasteiger partial charge is 0.241 e. The summed E-state index contributed by atoms with van der Waals surface area (Å²) in [5.41, 5.74) is 4.05. The third kappa shape index (κ3) is 1.78. The molecule has 0 fully saturated rings. The van der Waals surface area contributed by atoms with E-state index in [1.165, 1.54) is 32.8 Å². The Hall–Kier alpha value is -0.890. The SMILES string of the molecule is CCC(C)c1c(C)ccc2sc(C)nc12. The number of thiazole rings is 1. The molecule has 0 N–H and O–H groups in total. The molecule has 2 aromatic rings.